The summed E-state index contributed by atoms with van der Waals surface area (Å²) in [7, 11) is 1.93. The van der Waals surface area contributed by atoms with E-state index in [1.54, 1.807) is 0 Å². The Morgan fingerprint density at radius 1 is 0.861 bits per heavy atom. The predicted molar refractivity (Wildman–Crippen MR) is 140 cm³/mol. The maximum absolute atomic E-state index is 5.05. The maximum Gasteiger partial charge on any atom is 0.159 e. The summed E-state index contributed by atoms with van der Waals surface area (Å²) in [6, 6.07) is 14.6. The molecule has 0 saturated carbocycles. The summed E-state index contributed by atoms with van der Waals surface area (Å²) in [5.41, 5.74) is 9.67. The number of rotatable bonds is 3. The second-order valence-electron chi connectivity index (χ2n) is 9.18. The van der Waals surface area contributed by atoms with Crippen LogP contribution in [0, 0.1) is 0 Å². The summed E-state index contributed by atoms with van der Waals surface area (Å²) in [6.07, 6.45) is 16.9. The first-order chi connectivity index (χ1) is 17.7. The highest BCUT2D eigenvalue weighted by atomic mass is 15.2. The quantitative estimate of drug-likeness (QED) is 0.342. The average molecular weight is 470 g/mol. The van der Waals surface area contributed by atoms with Crippen molar-refractivity contribution in [2.75, 3.05) is 0 Å². The van der Waals surface area contributed by atoms with Crippen LogP contribution in [0.25, 0.3) is 44.5 Å². The Kier molecular flexibility index (Phi) is 4.73. The lowest BCUT2D eigenvalue weighted by molar-refractivity contribution is 0.768. The van der Waals surface area contributed by atoms with Gasteiger partial charge >= 0.3 is 0 Å². The Labute approximate surface area is 207 Å². The summed E-state index contributed by atoms with van der Waals surface area (Å²) >= 11 is 0. The third kappa shape index (κ3) is 3.48. The number of pyridine rings is 2. The number of hydrogen-bond donors (Lipinski definition) is 0. The molecule has 0 aliphatic heterocycles. The van der Waals surface area contributed by atoms with Crippen LogP contribution in [0.1, 0.15) is 29.7 Å². The smallest absolute Gasteiger partial charge is 0.159 e. The van der Waals surface area contributed by atoms with Gasteiger partial charge in [-0.3, -0.25) is 9.67 Å². The van der Waals surface area contributed by atoms with Gasteiger partial charge in [-0.25, -0.2) is 14.5 Å². The van der Waals surface area contributed by atoms with E-state index in [9.17, 15) is 0 Å². The zero-order valence-corrected chi connectivity index (χ0v) is 19.8. The standard InChI is InChI=1S/C29H23N7/c1-35-18-22(15-32-35)24-17-33-36-12-10-19(14-28(24)36)23-6-2-3-7-27-25(23)16-31-29(34-27)21-8-9-26-20(13-21)5-4-11-30-26/h4-6,8-18H,2-3,7H2,1H3. The van der Waals surface area contributed by atoms with Crippen LogP contribution in [0.4, 0.5) is 0 Å². The maximum atomic E-state index is 5.05. The third-order valence-electron chi connectivity index (χ3n) is 6.83. The molecule has 7 rings (SSSR count). The molecule has 5 heterocycles. The first-order valence-corrected chi connectivity index (χ1v) is 12.1. The first kappa shape index (κ1) is 20.7. The Bertz CT molecular complexity index is 1790. The van der Waals surface area contributed by atoms with Gasteiger partial charge in [-0.05, 0) is 66.8 Å². The molecule has 0 amide bonds. The van der Waals surface area contributed by atoms with Crippen molar-refractivity contribution in [3.8, 4) is 22.5 Å². The van der Waals surface area contributed by atoms with Gasteiger partial charge in [0.25, 0.3) is 0 Å². The van der Waals surface area contributed by atoms with E-state index < -0.39 is 0 Å². The predicted octanol–water partition coefficient (Wildman–Crippen LogP) is 5.51. The molecular formula is C29H23N7. The van der Waals surface area contributed by atoms with E-state index in [0.29, 0.717) is 0 Å². The van der Waals surface area contributed by atoms with Crippen molar-refractivity contribution < 1.29 is 0 Å². The highest BCUT2D eigenvalue weighted by molar-refractivity contribution is 5.87. The fourth-order valence-corrected chi connectivity index (χ4v) is 5.02. The fraction of sp³-hybridized carbons (Fsp3) is 0.138. The molecule has 0 N–H and O–H groups in total. The van der Waals surface area contributed by atoms with Crippen LogP contribution < -0.4 is 0 Å². The molecule has 0 fully saturated rings. The van der Waals surface area contributed by atoms with Gasteiger partial charge in [-0.1, -0.05) is 12.1 Å². The molecule has 1 aromatic carbocycles. The van der Waals surface area contributed by atoms with E-state index in [1.807, 2.05) is 65.6 Å². The minimum atomic E-state index is 0.755. The van der Waals surface area contributed by atoms with Crippen molar-refractivity contribution in [1.29, 1.82) is 0 Å². The monoisotopic (exact) mass is 469 g/mol. The molecule has 0 radical (unpaired) electrons. The SMILES string of the molecule is Cn1cc(-c2cnn3ccc(C4=CCCCc5nc(-c6ccc7ncccc7c6)ncc54)cc23)cn1. The van der Waals surface area contributed by atoms with Gasteiger partial charge in [0, 0.05) is 59.5 Å². The summed E-state index contributed by atoms with van der Waals surface area (Å²) < 4.78 is 3.73. The van der Waals surface area contributed by atoms with Crippen LogP contribution in [0.5, 0.6) is 0 Å². The first-order valence-electron chi connectivity index (χ1n) is 12.1. The molecule has 0 bridgehead atoms. The van der Waals surface area contributed by atoms with Crippen molar-refractivity contribution in [1.82, 2.24) is 34.3 Å². The van der Waals surface area contributed by atoms with Crippen LogP contribution in [0.2, 0.25) is 0 Å². The van der Waals surface area contributed by atoms with Crippen LogP contribution in [0.15, 0.2) is 85.7 Å². The molecule has 1 aliphatic carbocycles. The molecule has 7 heteroatoms. The van der Waals surface area contributed by atoms with Gasteiger partial charge < -0.3 is 0 Å². The van der Waals surface area contributed by atoms with Crippen molar-refractivity contribution in [3.05, 3.63) is 103 Å². The second kappa shape index (κ2) is 8.23. The minimum absolute atomic E-state index is 0.755. The number of nitrogens with zero attached hydrogens (tertiary/aromatic N) is 7. The number of benzene rings is 1. The molecule has 6 aromatic rings. The molecule has 0 saturated heterocycles. The molecular weight excluding hydrogens is 446 g/mol. The average Bonchev–Trinajstić information content (AvgIpc) is 3.47. The summed E-state index contributed by atoms with van der Waals surface area (Å²) in [5, 5.41) is 9.97. The molecule has 174 valence electrons. The largest absolute Gasteiger partial charge is 0.275 e. The van der Waals surface area contributed by atoms with E-state index in [0.717, 1.165) is 75.0 Å². The number of allylic oxidation sites excluding steroid dienone is 1. The molecule has 36 heavy (non-hydrogen) atoms. The minimum Gasteiger partial charge on any atom is -0.275 e. The molecule has 0 unspecified atom stereocenters. The van der Waals surface area contributed by atoms with E-state index in [1.165, 1.54) is 5.57 Å². The number of fused-ring (bicyclic) bond motifs is 3. The lowest BCUT2D eigenvalue weighted by Crippen LogP contribution is -2.02. The number of hydrogen-bond acceptors (Lipinski definition) is 5. The van der Waals surface area contributed by atoms with E-state index in [4.69, 9.17) is 9.97 Å². The van der Waals surface area contributed by atoms with Gasteiger partial charge in [-0.15, -0.1) is 0 Å². The highest BCUT2D eigenvalue weighted by Crippen LogP contribution is 2.33. The Morgan fingerprint density at radius 2 is 1.83 bits per heavy atom. The Morgan fingerprint density at radius 3 is 2.75 bits per heavy atom. The van der Waals surface area contributed by atoms with E-state index >= 15 is 0 Å². The lowest BCUT2D eigenvalue weighted by Gasteiger charge is -2.12. The van der Waals surface area contributed by atoms with Gasteiger partial charge in [0.2, 0.25) is 0 Å². The van der Waals surface area contributed by atoms with Crippen molar-refractivity contribution >= 4 is 22.0 Å². The molecule has 0 spiro atoms. The molecule has 1 aliphatic rings. The van der Waals surface area contributed by atoms with Gasteiger partial charge in [-0.2, -0.15) is 10.2 Å². The Hall–Kier alpha value is -4.65. The summed E-state index contributed by atoms with van der Waals surface area (Å²) in [5.74, 6) is 0.755. The normalized spacial score (nSPS) is 13.5. The van der Waals surface area contributed by atoms with Gasteiger partial charge in [0.15, 0.2) is 5.82 Å². The van der Waals surface area contributed by atoms with E-state index in [2.05, 4.69) is 51.6 Å². The van der Waals surface area contributed by atoms with Crippen LogP contribution in [0.3, 0.4) is 0 Å². The third-order valence-corrected chi connectivity index (χ3v) is 6.83. The second-order valence-corrected chi connectivity index (χ2v) is 9.18. The summed E-state index contributed by atoms with van der Waals surface area (Å²) in [4.78, 5) is 14.3. The molecule has 5 aromatic heterocycles. The molecule has 7 nitrogen and oxygen atoms in total. The van der Waals surface area contributed by atoms with Crippen molar-refractivity contribution in [2.24, 2.45) is 7.05 Å². The van der Waals surface area contributed by atoms with Crippen molar-refractivity contribution in [2.45, 2.75) is 19.3 Å². The number of aromatic nitrogens is 7. The highest BCUT2D eigenvalue weighted by Gasteiger charge is 2.18. The Balaban J connectivity index is 1.31. The van der Waals surface area contributed by atoms with E-state index in [-0.39, 0.29) is 0 Å². The topological polar surface area (TPSA) is 73.8 Å². The van der Waals surface area contributed by atoms with Crippen LogP contribution in [-0.4, -0.2) is 34.3 Å². The van der Waals surface area contributed by atoms with Crippen LogP contribution in [-0.2, 0) is 13.5 Å². The number of aryl methyl sites for hydroxylation is 2. The summed E-state index contributed by atoms with van der Waals surface area (Å²) in [6.45, 7) is 0. The van der Waals surface area contributed by atoms with Gasteiger partial charge in [0.05, 0.1) is 29.1 Å². The van der Waals surface area contributed by atoms with Crippen LogP contribution >= 0.6 is 0 Å². The zero-order valence-electron chi connectivity index (χ0n) is 19.8. The lowest BCUT2D eigenvalue weighted by atomic mass is 9.97. The van der Waals surface area contributed by atoms with Crippen molar-refractivity contribution in [3.63, 3.8) is 0 Å². The van der Waals surface area contributed by atoms with Gasteiger partial charge in [0.1, 0.15) is 0 Å². The fourth-order valence-electron chi connectivity index (χ4n) is 5.02. The molecule has 0 atom stereocenters. The zero-order chi connectivity index (χ0) is 24.1.